The molecule has 0 aliphatic heterocycles. The van der Waals surface area contributed by atoms with Gasteiger partial charge in [-0.3, -0.25) is 4.55 Å². The highest BCUT2D eigenvalue weighted by Crippen LogP contribution is 2.16. The van der Waals surface area contributed by atoms with Crippen LogP contribution in [0.1, 0.15) is 110 Å². The molecule has 0 fully saturated rings. The van der Waals surface area contributed by atoms with Crippen molar-refractivity contribution in [3.8, 4) is 0 Å². The van der Waals surface area contributed by atoms with Crippen LogP contribution in [-0.4, -0.2) is 74.8 Å². The van der Waals surface area contributed by atoms with Crippen LogP contribution in [0.3, 0.4) is 0 Å². The molecule has 6 nitrogen and oxygen atoms in total. The third-order valence-corrected chi connectivity index (χ3v) is 7.42. The maximum atomic E-state index is 11.0. The predicted octanol–water partition coefficient (Wildman–Crippen LogP) is 5.59. The Labute approximate surface area is 199 Å². The average molecular weight is 481 g/mol. The lowest BCUT2D eigenvalue weighted by Gasteiger charge is -2.38. The molecule has 194 valence electrons. The number of ether oxygens (including phenoxy) is 1. The van der Waals surface area contributed by atoms with Gasteiger partial charge in [-0.1, -0.05) is 84.0 Å². The Morgan fingerprint density at radius 3 is 1.50 bits per heavy atom. The first kappa shape index (κ1) is 31.8. The van der Waals surface area contributed by atoms with E-state index in [0.717, 1.165) is 37.0 Å². The summed E-state index contributed by atoms with van der Waals surface area (Å²) in [5, 5.41) is 9.61. The third kappa shape index (κ3) is 20.4. The van der Waals surface area contributed by atoms with Crippen molar-refractivity contribution in [3.63, 3.8) is 0 Å². The highest BCUT2D eigenvalue weighted by Gasteiger charge is 2.26. The Hall–Kier alpha value is -0.210. The molecule has 2 N–H and O–H groups in total. The van der Waals surface area contributed by atoms with E-state index in [4.69, 9.17) is 9.29 Å². The number of hydrogen-bond donors (Lipinski definition) is 2. The largest absolute Gasteiger partial charge is 0.391 e. The molecule has 0 amide bonds. The highest BCUT2D eigenvalue weighted by molar-refractivity contribution is 7.85. The smallest absolute Gasteiger partial charge is 0.264 e. The number of hydrogen-bond acceptors (Lipinski definition) is 4. The monoisotopic (exact) mass is 480 g/mol. The molecule has 0 saturated carbocycles. The van der Waals surface area contributed by atoms with Crippen LogP contribution in [0.4, 0.5) is 0 Å². The summed E-state index contributed by atoms with van der Waals surface area (Å²) in [5.41, 5.74) is 0. The minimum Gasteiger partial charge on any atom is -0.391 e. The summed E-state index contributed by atoms with van der Waals surface area (Å²) in [6.45, 7) is 6.35. The lowest BCUT2D eigenvalue weighted by atomic mass is 10.0. The van der Waals surface area contributed by atoms with Crippen molar-refractivity contribution in [1.29, 1.82) is 0 Å². The number of unbranched alkanes of at least 4 members (excludes halogenated alkanes) is 14. The van der Waals surface area contributed by atoms with Gasteiger partial charge < -0.3 is 14.3 Å². The number of aliphatic hydroxyl groups excluding tert-OH is 1. The fourth-order valence-corrected chi connectivity index (χ4v) is 5.11. The minimum atomic E-state index is -3.89. The van der Waals surface area contributed by atoms with Gasteiger partial charge in [0.2, 0.25) is 0 Å². The fraction of sp³-hybridized carbons (Fsp3) is 1.00. The van der Waals surface area contributed by atoms with Crippen molar-refractivity contribution in [2.45, 2.75) is 110 Å². The second-order valence-electron chi connectivity index (χ2n) is 9.54. The molecule has 1 unspecified atom stereocenters. The van der Waals surface area contributed by atoms with Crippen LogP contribution < -0.4 is 0 Å². The number of rotatable bonds is 25. The maximum Gasteiger partial charge on any atom is 0.264 e. The highest BCUT2D eigenvalue weighted by atomic mass is 32.2. The van der Waals surface area contributed by atoms with Gasteiger partial charge in [-0.25, -0.2) is 0 Å². The Balaban J connectivity index is 3.99. The molecule has 32 heavy (non-hydrogen) atoms. The SMILES string of the molecule is CCCCCCCCCCCCCCCC[N+](CCO)(CCCCS(=O)(=O)O)CCOC. The molecule has 0 aromatic rings. The van der Waals surface area contributed by atoms with Crippen LogP contribution in [-0.2, 0) is 14.9 Å². The normalized spacial score (nSPS) is 14.0. The first-order valence-corrected chi connectivity index (χ1v) is 14.9. The molecule has 0 rings (SSSR count). The molecule has 0 aliphatic carbocycles. The molecule has 7 heteroatoms. The summed E-state index contributed by atoms with van der Waals surface area (Å²) in [4.78, 5) is 0. The van der Waals surface area contributed by atoms with Crippen molar-refractivity contribution in [2.75, 3.05) is 52.3 Å². The molecule has 0 radical (unpaired) electrons. The van der Waals surface area contributed by atoms with Crippen molar-refractivity contribution < 1.29 is 27.3 Å². The van der Waals surface area contributed by atoms with Crippen molar-refractivity contribution in [1.82, 2.24) is 0 Å². The Morgan fingerprint density at radius 1 is 0.656 bits per heavy atom. The molecule has 1 atom stereocenters. The van der Waals surface area contributed by atoms with E-state index in [9.17, 15) is 13.5 Å². The van der Waals surface area contributed by atoms with Gasteiger partial charge in [0.25, 0.3) is 10.1 Å². The van der Waals surface area contributed by atoms with Crippen molar-refractivity contribution in [2.24, 2.45) is 0 Å². The molecule has 0 heterocycles. The Kier molecular flexibility index (Phi) is 21.2. The van der Waals surface area contributed by atoms with Crippen LogP contribution >= 0.6 is 0 Å². The second kappa shape index (κ2) is 21.3. The lowest BCUT2D eigenvalue weighted by molar-refractivity contribution is -0.929. The van der Waals surface area contributed by atoms with Crippen LogP contribution in [0.25, 0.3) is 0 Å². The molecule has 0 saturated heterocycles. The molecular formula is C25H54NO5S+. The van der Waals surface area contributed by atoms with E-state index in [1.54, 1.807) is 7.11 Å². The van der Waals surface area contributed by atoms with E-state index >= 15 is 0 Å². The first-order chi connectivity index (χ1) is 15.4. The third-order valence-electron chi connectivity index (χ3n) is 6.61. The van der Waals surface area contributed by atoms with Gasteiger partial charge in [-0.05, 0) is 25.7 Å². The van der Waals surface area contributed by atoms with Gasteiger partial charge >= 0.3 is 0 Å². The summed E-state index contributed by atoms with van der Waals surface area (Å²) in [7, 11) is -2.20. The van der Waals surface area contributed by atoms with E-state index in [2.05, 4.69) is 6.92 Å². The van der Waals surface area contributed by atoms with Crippen LogP contribution in [0.2, 0.25) is 0 Å². The maximum absolute atomic E-state index is 11.0. The molecular weight excluding hydrogens is 426 g/mol. The van der Waals surface area contributed by atoms with E-state index in [-0.39, 0.29) is 12.4 Å². The minimum absolute atomic E-state index is 0.126. The Bertz CT molecular complexity index is 501. The van der Waals surface area contributed by atoms with Gasteiger partial charge in [-0.2, -0.15) is 8.42 Å². The average Bonchev–Trinajstić information content (AvgIpc) is 2.75. The predicted molar refractivity (Wildman–Crippen MR) is 135 cm³/mol. The van der Waals surface area contributed by atoms with E-state index in [1.807, 2.05) is 0 Å². The van der Waals surface area contributed by atoms with Crippen LogP contribution in [0.15, 0.2) is 0 Å². The molecule has 0 bridgehead atoms. The summed E-state index contributed by atoms with van der Waals surface area (Å²) < 4.78 is 36.9. The lowest BCUT2D eigenvalue weighted by Crippen LogP contribution is -2.53. The summed E-state index contributed by atoms with van der Waals surface area (Å²) in [6.07, 6.45) is 19.9. The molecule has 0 aliphatic rings. The fourth-order valence-electron chi connectivity index (χ4n) is 4.54. The van der Waals surface area contributed by atoms with E-state index < -0.39 is 10.1 Å². The zero-order chi connectivity index (χ0) is 24.0. The van der Waals surface area contributed by atoms with E-state index in [1.165, 1.54) is 83.5 Å². The summed E-state index contributed by atoms with van der Waals surface area (Å²) >= 11 is 0. The molecule has 0 spiro atoms. The van der Waals surface area contributed by atoms with Gasteiger partial charge in [-0.15, -0.1) is 0 Å². The van der Waals surface area contributed by atoms with Crippen LogP contribution in [0, 0.1) is 0 Å². The number of aliphatic hydroxyl groups is 1. The van der Waals surface area contributed by atoms with Gasteiger partial charge in [0.1, 0.15) is 13.1 Å². The zero-order valence-electron chi connectivity index (χ0n) is 21.2. The van der Waals surface area contributed by atoms with Crippen LogP contribution in [0.5, 0.6) is 0 Å². The van der Waals surface area contributed by atoms with Crippen molar-refractivity contribution in [3.05, 3.63) is 0 Å². The number of methoxy groups -OCH3 is 1. The van der Waals surface area contributed by atoms with Crippen molar-refractivity contribution >= 4 is 10.1 Å². The standard InChI is InChI=1S/C25H53NO5S/c1-3-4-5-6-7-8-9-10-11-12-13-14-15-16-19-26(21-23-27,22-24-31-2)20-17-18-25-32(28,29)30/h27H,3-25H2,1-2H3/p+1. The van der Waals surface area contributed by atoms with Gasteiger partial charge in [0.15, 0.2) is 0 Å². The molecule has 0 aromatic carbocycles. The topological polar surface area (TPSA) is 83.8 Å². The van der Waals surface area contributed by atoms with E-state index in [0.29, 0.717) is 19.6 Å². The Morgan fingerprint density at radius 2 is 1.09 bits per heavy atom. The second-order valence-corrected chi connectivity index (χ2v) is 11.1. The quantitative estimate of drug-likeness (QED) is 0.101. The number of nitrogens with zero attached hydrogens (tertiary/aromatic N) is 1. The summed E-state index contributed by atoms with van der Waals surface area (Å²) in [6, 6.07) is 0. The van der Waals surface area contributed by atoms with Gasteiger partial charge in [0.05, 0.1) is 32.1 Å². The first-order valence-electron chi connectivity index (χ1n) is 13.3. The van der Waals surface area contributed by atoms with Gasteiger partial charge in [0, 0.05) is 7.11 Å². The zero-order valence-corrected chi connectivity index (χ0v) is 22.1. The number of quaternary nitrogens is 1. The molecule has 0 aromatic heterocycles. The summed E-state index contributed by atoms with van der Waals surface area (Å²) in [5.74, 6) is -0.185.